The Bertz CT molecular complexity index is 644. The smallest absolute Gasteiger partial charge is 0.255 e. The zero-order chi connectivity index (χ0) is 16.1. The molecule has 2 aromatic rings. The van der Waals surface area contributed by atoms with Gasteiger partial charge in [-0.05, 0) is 37.9 Å². The van der Waals surface area contributed by atoms with E-state index >= 15 is 0 Å². The number of rotatable bonds is 5. The predicted molar refractivity (Wildman–Crippen MR) is 91.0 cm³/mol. The topological polar surface area (TPSA) is 52.6 Å². The molecule has 0 aromatic heterocycles. The highest BCUT2D eigenvalue weighted by molar-refractivity contribution is 9.10. The number of nitrogens with one attached hydrogen (secondary N) is 1. The Hall–Kier alpha value is -1.85. The number of phenols is 1. The summed E-state index contributed by atoms with van der Waals surface area (Å²) >= 11 is 3.26. The molecule has 116 valence electrons. The third kappa shape index (κ3) is 4.08. The summed E-state index contributed by atoms with van der Waals surface area (Å²) in [6.45, 7) is 0.464. The van der Waals surface area contributed by atoms with Crippen molar-refractivity contribution in [3.8, 4) is 5.75 Å². The van der Waals surface area contributed by atoms with E-state index in [-0.39, 0.29) is 23.3 Å². The molecule has 1 unspecified atom stereocenters. The van der Waals surface area contributed by atoms with Crippen LogP contribution in [-0.2, 0) is 0 Å². The van der Waals surface area contributed by atoms with Gasteiger partial charge in [0.25, 0.3) is 5.91 Å². The maximum absolute atomic E-state index is 12.2. The van der Waals surface area contributed by atoms with E-state index in [1.807, 2.05) is 44.4 Å². The van der Waals surface area contributed by atoms with E-state index < -0.39 is 0 Å². The molecule has 2 rings (SSSR count). The molecule has 2 aromatic carbocycles. The van der Waals surface area contributed by atoms with Crippen LogP contribution in [0.5, 0.6) is 5.75 Å². The molecule has 0 spiro atoms. The molecular weight excluding hydrogens is 344 g/mol. The number of likely N-dealkylation sites (N-methyl/N-ethyl adjacent to an activating group) is 1. The Morgan fingerprint density at radius 3 is 2.50 bits per heavy atom. The lowest BCUT2D eigenvalue weighted by molar-refractivity contribution is 0.0939. The molecule has 22 heavy (non-hydrogen) atoms. The van der Waals surface area contributed by atoms with Gasteiger partial charge in [-0.1, -0.05) is 46.3 Å². The molecule has 0 radical (unpaired) electrons. The second-order valence-electron chi connectivity index (χ2n) is 5.26. The van der Waals surface area contributed by atoms with Gasteiger partial charge in [0.05, 0.1) is 11.6 Å². The van der Waals surface area contributed by atoms with Crippen LogP contribution in [0.2, 0.25) is 0 Å². The summed E-state index contributed by atoms with van der Waals surface area (Å²) in [6, 6.07) is 14.9. The highest BCUT2D eigenvalue weighted by Crippen LogP contribution is 2.22. The maximum Gasteiger partial charge on any atom is 0.255 e. The molecule has 4 nitrogen and oxygen atoms in total. The molecular formula is C17H19BrN2O2. The van der Waals surface area contributed by atoms with Crippen molar-refractivity contribution in [2.75, 3.05) is 20.6 Å². The number of amides is 1. The highest BCUT2D eigenvalue weighted by atomic mass is 79.9. The van der Waals surface area contributed by atoms with E-state index in [9.17, 15) is 9.90 Å². The number of carbonyl (C=O) groups is 1. The Balaban J connectivity index is 2.08. The van der Waals surface area contributed by atoms with Crippen LogP contribution in [0.15, 0.2) is 53.0 Å². The average molecular weight is 363 g/mol. The van der Waals surface area contributed by atoms with Crippen molar-refractivity contribution < 1.29 is 9.90 Å². The van der Waals surface area contributed by atoms with Crippen LogP contribution in [0.3, 0.4) is 0 Å². The van der Waals surface area contributed by atoms with E-state index in [0.29, 0.717) is 6.54 Å². The zero-order valence-corrected chi connectivity index (χ0v) is 14.2. The summed E-state index contributed by atoms with van der Waals surface area (Å²) in [5.41, 5.74) is 1.40. The lowest BCUT2D eigenvalue weighted by atomic mass is 10.1. The standard InChI is InChI=1S/C17H19BrN2O2/c1-20(2)15(12-6-4-3-5-7-12)11-19-17(22)14-9-8-13(18)10-16(14)21/h3-10,15,21H,11H2,1-2H3,(H,19,22). The Kier molecular flexibility index (Phi) is 5.57. The second kappa shape index (κ2) is 7.42. The van der Waals surface area contributed by atoms with Gasteiger partial charge in [0, 0.05) is 11.0 Å². The van der Waals surface area contributed by atoms with Gasteiger partial charge in [-0.15, -0.1) is 0 Å². The van der Waals surface area contributed by atoms with Gasteiger partial charge < -0.3 is 15.3 Å². The van der Waals surface area contributed by atoms with E-state index in [4.69, 9.17) is 0 Å². The van der Waals surface area contributed by atoms with Gasteiger partial charge in [-0.25, -0.2) is 0 Å². The molecule has 0 aliphatic rings. The molecule has 2 N–H and O–H groups in total. The Morgan fingerprint density at radius 2 is 1.91 bits per heavy atom. The van der Waals surface area contributed by atoms with Gasteiger partial charge >= 0.3 is 0 Å². The van der Waals surface area contributed by atoms with Gasteiger partial charge in [-0.3, -0.25) is 4.79 Å². The molecule has 0 fully saturated rings. The summed E-state index contributed by atoms with van der Waals surface area (Å²) in [7, 11) is 3.95. The average Bonchev–Trinajstić information content (AvgIpc) is 2.48. The summed E-state index contributed by atoms with van der Waals surface area (Å²) in [4.78, 5) is 14.3. The molecule has 0 aliphatic carbocycles. The number of halogens is 1. The summed E-state index contributed by atoms with van der Waals surface area (Å²) in [5, 5.41) is 12.7. The number of nitrogens with zero attached hydrogens (tertiary/aromatic N) is 1. The molecule has 5 heteroatoms. The highest BCUT2D eigenvalue weighted by Gasteiger charge is 2.17. The van der Waals surface area contributed by atoms with Crippen molar-refractivity contribution in [1.82, 2.24) is 10.2 Å². The monoisotopic (exact) mass is 362 g/mol. The normalized spacial score (nSPS) is 12.2. The molecule has 0 heterocycles. The first-order chi connectivity index (χ1) is 10.5. The largest absolute Gasteiger partial charge is 0.507 e. The first-order valence-corrected chi connectivity index (χ1v) is 7.76. The van der Waals surface area contributed by atoms with Crippen LogP contribution < -0.4 is 5.32 Å². The minimum absolute atomic E-state index is 0.0343. The van der Waals surface area contributed by atoms with Crippen molar-refractivity contribution >= 4 is 21.8 Å². The van der Waals surface area contributed by atoms with E-state index in [2.05, 4.69) is 26.1 Å². The first kappa shape index (κ1) is 16.5. The fourth-order valence-corrected chi connectivity index (χ4v) is 2.60. The molecule has 0 saturated carbocycles. The van der Waals surface area contributed by atoms with Crippen LogP contribution in [-0.4, -0.2) is 36.6 Å². The van der Waals surface area contributed by atoms with Crippen LogP contribution in [0.1, 0.15) is 22.0 Å². The maximum atomic E-state index is 12.2. The van der Waals surface area contributed by atoms with Crippen LogP contribution in [0.25, 0.3) is 0 Å². The van der Waals surface area contributed by atoms with Gasteiger partial charge in [0.2, 0.25) is 0 Å². The Labute approximate surface area is 138 Å². The second-order valence-corrected chi connectivity index (χ2v) is 6.18. The zero-order valence-electron chi connectivity index (χ0n) is 12.6. The first-order valence-electron chi connectivity index (χ1n) is 6.97. The summed E-state index contributed by atoms with van der Waals surface area (Å²) < 4.78 is 0.733. The van der Waals surface area contributed by atoms with Crippen LogP contribution in [0.4, 0.5) is 0 Å². The number of benzene rings is 2. The van der Waals surface area contributed by atoms with Crippen molar-refractivity contribution in [2.45, 2.75) is 6.04 Å². The third-order valence-electron chi connectivity index (χ3n) is 3.47. The van der Waals surface area contributed by atoms with Gasteiger partial charge in [0.15, 0.2) is 0 Å². The van der Waals surface area contributed by atoms with Gasteiger partial charge in [-0.2, -0.15) is 0 Å². The predicted octanol–water partition coefficient (Wildman–Crippen LogP) is 3.19. The fourth-order valence-electron chi connectivity index (χ4n) is 2.26. The minimum atomic E-state index is -0.284. The number of hydrogen-bond donors (Lipinski definition) is 2. The lowest BCUT2D eigenvalue weighted by Gasteiger charge is -2.25. The third-order valence-corrected chi connectivity index (χ3v) is 3.96. The number of hydrogen-bond acceptors (Lipinski definition) is 3. The van der Waals surface area contributed by atoms with Crippen molar-refractivity contribution in [2.24, 2.45) is 0 Å². The van der Waals surface area contributed by atoms with Crippen molar-refractivity contribution in [3.05, 3.63) is 64.1 Å². The SMILES string of the molecule is CN(C)C(CNC(=O)c1ccc(Br)cc1O)c1ccccc1. The van der Waals surface area contributed by atoms with Gasteiger partial charge in [0.1, 0.15) is 5.75 Å². The molecule has 0 bridgehead atoms. The van der Waals surface area contributed by atoms with Crippen molar-refractivity contribution in [3.63, 3.8) is 0 Å². The van der Waals surface area contributed by atoms with Crippen LogP contribution in [0, 0.1) is 0 Å². The van der Waals surface area contributed by atoms with Crippen molar-refractivity contribution in [1.29, 1.82) is 0 Å². The van der Waals surface area contributed by atoms with Crippen LogP contribution >= 0.6 is 15.9 Å². The molecule has 1 atom stereocenters. The fraction of sp³-hybridized carbons (Fsp3) is 0.235. The summed E-state index contributed by atoms with van der Waals surface area (Å²) in [5.74, 6) is -0.319. The summed E-state index contributed by atoms with van der Waals surface area (Å²) in [6.07, 6.45) is 0. The molecule has 0 saturated heterocycles. The van der Waals surface area contributed by atoms with E-state index in [1.165, 1.54) is 6.07 Å². The van der Waals surface area contributed by atoms with E-state index in [0.717, 1.165) is 10.0 Å². The number of carbonyl (C=O) groups excluding carboxylic acids is 1. The minimum Gasteiger partial charge on any atom is -0.507 e. The lowest BCUT2D eigenvalue weighted by Crippen LogP contribution is -2.34. The quantitative estimate of drug-likeness (QED) is 0.858. The van der Waals surface area contributed by atoms with E-state index in [1.54, 1.807) is 12.1 Å². The number of aromatic hydroxyl groups is 1. The molecule has 1 amide bonds. The number of phenolic OH excluding ortho intramolecular Hbond substituents is 1. The Morgan fingerprint density at radius 1 is 1.23 bits per heavy atom. The molecule has 0 aliphatic heterocycles.